The lowest BCUT2D eigenvalue weighted by Gasteiger charge is -2.40. The van der Waals surface area contributed by atoms with Gasteiger partial charge in [0, 0.05) is 24.0 Å². The highest BCUT2D eigenvalue weighted by Crippen LogP contribution is 2.45. The molecule has 7 nitrogen and oxygen atoms in total. The SMILES string of the molecule is CCOC(=O)C1CCN(C(=O)c2oc3ccc4c(c3c2C)C(=O)CC2(CCCCC2)O4)CC1. The van der Waals surface area contributed by atoms with Gasteiger partial charge in [-0.3, -0.25) is 14.4 Å². The summed E-state index contributed by atoms with van der Waals surface area (Å²) < 4.78 is 17.5. The van der Waals surface area contributed by atoms with Gasteiger partial charge >= 0.3 is 5.97 Å². The monoisotopic (exact) mass is 453 g/mol. The molecule has 0 unspecified atom stereocenters. The van der Waals surface area contributed by atoms with Crippen LogP contribution < -0.4 is 4.74 Å². The zero-order chi connectivity index (χ0) is 23.2. The van der Waals surface area contributed by atoms with E-state index in [1.165, 1.54) is 6.42 Å². The Morgan fingerprint density at radius 3 is 2.58 bits per heavy atom. The molecule has 2 aromatic rings. The van der Waals surface area contributed by atoms with Gasteiger partial charge in [-0.2, -0.15) is 0 Å². The summed E-state index contributed by atoms with van der Waals surface area (Å²) >= 11 is 0. The van der Waals surface area contributed by atoms with Crippen molar-refractivity contribution >= 4 is 28.6 Å². The number of aryl methyl sites for hydroxylation is 1. The van der Waals surface area contributed by atoms with E-state index in [1.807, 2.05) is 13.0 Å². The molecule has 2 fully saturated rings. The number of fused-ring (bicyclic) bond motifs is 3. The van der Waals surface area contributed by atoms with E-state index in [0.29, 0.717) is 66.8 Å². The number of carbonyl (C=O) groups is 3. The van der Waals surface area contributed by atoms with Crippen LogP contribution in [0.15, 0.2) is 16.5 Å². The predicted octanol–water partition coefficient (Wildman–Crippen LogP) is 4.82. The first-order valence-electron chi connectivity index (χ1n) is 12.2. The largest absolute Gasteiger partial charge is 0.486 e. The molecule has 1 amide bonds. The Morgan fingerprint density at radius 1 is 1.15 bits per heavy atom. The van der Waals surface area contributed by atoms with Crippen LogP contribution in [-0.4, -0.2) is 47.9 Å². The molecule has 1 saturated heterocycles. The summed E-state index contributed by atoms with van der Waals surface area (Å²) in [6.07, 6.45) is 6.71. The predicted molar refractivity (Wildman–Crippen MR) is 122 cm³/mol. The minimum Gasteiger partial charge on any atom is -0.486 e. The third kappa shape index (κ3) is 3.81. The van der Waals surface area contributed by atoms with Crippen molar-refractivity contribution in [2.24, 2.45) is 5.92 Å². The molecule has 3 heterocycles. The van der Waals surface area contributed by atoms with Crippen molar-refractivity contribution in [2.75, 3.05) is 19.7 Å². The third-order valence-corrected chi connectivity index (χ3v) is 7.51. The first-order valence-corrected chi connectivity index (χ1v) is 12.2. The van der Waals surface area contributed by atoms with Gasteiger partial charge in [0.15, 0.2) is 11.5 Å². The van der Waals surface area contributed by atoms with Gasteiger partial charge in [0.05, 0.1) is 24.5 Å². The minimum atomic E-state index is -0.379. The van der Waals surface area contributed by atoms with Gasteiger partial charge in [-0.25, -0.2) is 0 Å². The Kier molecular flexibility index (Phi) is 5.67. The van der Waals surface area contributed by atoms with Crippen molar-refractivity contribution in [3.8, 4) is 5.75 Å². The number of hydrogen-bond donors (Lipinski definition) is 0. The van der Waals surface area contributed by atoms with Crippen molar-refractivity contribution in [1.82, 2.24) is 4.90 Å². The molecule has 33 heavy (non-hydrogen) atoms. The maximum absolute atomic E-state index is 13.3. The van der Waals surface area contributed by atoms with Gasteiger partial charge in [-0.15, -0.1) is 0 Å². The molecule has 1 aliphatic carbocycles. The molecule has 5 rings (SSSR count). The van der Waals surface area contributed by atoms with E-state index in [0.717, 1.165) is 25.7 Å². The van der Waals surface area contributed by atoms with E-state index in [4.69, 9.17) is 13.9 Å². The Morgan fingerprint density at radius 2 is 1.88 bits per heavy atom. The van der Waals surface area contributed by atoms with Crippen LogP contribution in [0.2, 0.25) is 0 Å². The second-order valence-corrected chi connectivity index (χ2v) is 9.63. The van der Waals surface area contributed by atoms with Crippen molar-refractivity contribution < 1.29 is 28.3 Å². The first kappa shape index (κ1) is 22.0. The van der Waals surface area contributed by atoms with E-state index in [9.17, 15) is 14.4 Å². The van der Waals surface area contributed by atoms with Crippen LogP contribution in [-0.2, 0) is 9.53 Å². The number of rotatable bonds is 3. The number of likely N-dealkylation sites (tertiary alicyclic amines) is 1. The highest BCUT2D eigenvalue weighted by molar-refractivity contribution is 6.13. The summed E-state index contributed by atoms with van der Waals surface area (Å²) in [5.74, 6) is 0.386. The van der Waals surface area contributed by atoms with Crippen LogP contribution in [0, 0.1) is 12.8 Å². The van der Waals surface area contributed by atoms with E-state index >= 15 is 0 Å². The number of nitrogens with zero attached hydrogens (tertiary/aromatic N) is 1. The number of amides is 1. The highest BCUT2D eigenvalue weighted by Gasteiger charge is 2.43. The Bertz CT molecular complexity index is 1100. The molecular formula is C26H31NO6. The van der Waals surface area contributed by atoms with E-state index in [1.54, 1.807) is 17.9 Å². The summed E-state index contributed by atoms with van der Waals surface area (Å²) in [5.41, 5.74) is 1.38. The maximum Gasteiger partial charge on any atom is 0.309 e. The zero-order valence-electron chi connectivity index (χ0n) is 19.4. The van der Waals surface area contributed by atoms with Gasteiger partial charge in [0.25, 0.3) is 5.91 Å². The summed E-state index contributed by atoms with van der Waals surface area (Å²) in [4.78, 5) is 40.3. The molecule has 176 valence electrons. The summed E-state index contributed by atoms with van der Waals surface area (Å²) in [6.45, 7) is 4.94. The van der Waals surface area contributed by atoms with Crippen molar-refractivity contribution in [2.45, 2.75) is 70.8 Å². The lowest BCUT2D eigenvalue weighted by Crippen LogP contribution is -2.43. The fourth-order valence-electron chi connectivity index (χ4n) is 5.74. The second-order valence-electron chi connectivity index (χ2n) is 9.63. The molecule has 1 aromatic carbocycles. The van der Waals surface area contributed by atoms with E-state index in [-0.39, 0.29) is 34.9 Å². The Balaban J connectivity index is 1.41. The normalized spacial score (nSPS) is 20.5. The standard InChI is InChI=1S/C26H31NO6/c1-3-31-25(30)17-9-13-27(14-10-17)24(29)23-16(2)21-19(32-23)7-8-20-22(21)18(28)15-26(33-20)11-5-4-6-12-26/h7-8,17H,3-6,9-15H2,1-2H3. The molecule has 7 heteroatoms. The number of hydrogen-bond acceptors (Lipinski definition) is 6. The molecule has 1 aromatic heterocycles. The van der Waals surface area contributed by atoms with E-state index in [2.05, 4.69) is 0 Å². The molecule has 1 spiro atoms. The molecule has 0 radical (unpaired) electrons. The topological polar surface area (TPSA) is 86.0 Å². The number of carbonyl (C=O) groups excluding carboxylic acids is 3. The molecule has 3 aliphatic rings. The molecule has 0 N–H and O–H groups in total. The number of furan rings is 1. The van der Waals surface area contributed by atoms with Crippen LogP contribution in [0.4, 0.5) is 0 Å². The zero-order valence-corrected chi connectivity index (χ0v) is 19.4. The number of ketones is 1. The van der Waals surface area contributed by atoms with Crippen LogP contribution in [0.3, 0.4) is 0 Å². The fourth-order valence-corrected chi connectivity index (χ4v) is 5.74. The van der Waals surface area contributed by atoms with Crippen LogP contribution in [0.5, 0.6) is 5.75 Å². The number of benzene rings is 1. The molecule has 0 atom stereocenters. The number of esters is 1. The molecule has 0 bridgehead atoms. The van der Waals surface area contributed by atoms with Gasteiger partial charge in [0.1, 0.15) is 16.9 Å². The van der Waals surface area contributed by atoms with Crippen LogP contribution in [0.25, 0.3) is 11.0 Å². The number of piperidine rings is 1. The van der Waals surface area contributed by atoms with Crippen molar-refractivity contribution in [1.29, 1.82) is 0 Å². The average molecular weight is 454 g/mol. The smallest absolute Gasteiger partial charge is 0.309 e. The second kappa shape index (κ2) is 8.50. The lowest BCUT2D eigenvalue weighted by molar-refractivity contribution is -0.149. The average Bonchev–Trinajstić information content (AvgIpc) is 3.15. The first-order chi connectivity index (χ1) is 15.9. The van der Waals surface area contributed by atoms with Gasteiger partial charge < -0.3 is 18.8 Å². The van der Waals surface area contributed by atoms with Gasteiger partial charge in [0.2, 0.25) is 0 Å². The Hall–Kier alpha value is -2.83. The van der Waals surface area contributed by atoms with E-state index < -0.39 is 0 Å². The number of Topliss-reactive ketones (excluding diaryl/α,β-unsaturated/α-hetero) is 1. The molecule has 2 aliphatic heterocycles. The molecule has 1 saturated carbocycles. The molecular weight excluding hydrogens is 422 g/mol. The summed E-state index contributed by atoms with van der Waals surface area (Å²) in [6, 6.07) is 3.62. The Labute approximate surface area is 193 Å². The van der Waals surface area contributed by atoms with Gasteiger partial charge in [-0.05, 0) is 64.5 Å². The van der Waals surface area contributed by atoms with Crippen molar-refractivity contribution in [3.05, 3.63) is 29.0 Å². The lowest BCUT2D eigenvalue weighted by atomic mass is 9.78. The quantitative estimate of drug-likeness (QED) is 0.619. The number of ether oxygens (including phenoxy) is 2. The highest BCUT2D eigenvalue weighted by atomic mass is 16.5. The van der Waals surface area contributed by atoms with Crippen molar-refractivity contribution in [3.63, 3.8) is 0 Å². The fraction of sp³-hybridized carbons (Fsp3) is 0.577. The maximum atomic E-state index is 13.3. The summed E-state index contributed by atoms with van der Waals surface area (Å²) in [7, 11) is 0. The third-order valence-electron chi connectivity index (χ3n) is 7.51. The van der Waals surface area contributed by atoms with Crippen LogP contribution in [0.1, 0.15) is 84.8 Å². The van der Waals surface area contributed by atoms with Gasteiger partial charge in [-0.1, -0.05) is 6.42 Å². The van der Waals surface area contributed by atoms with Crippen LogP contribution >= 0.6 is 0 Å². The minimum absolute atomic E-state index is 0.0712. The summed E-state index contributed by atoms with van der Waals surface area (Å²) in [5, 5.41) is 0.688.